The quantitative estimate of drug-likeness (QED) is 0.897. The largest absolute Gasteiger partial charge is 0.323 e. The lowest BCUT2D eigenvalue weighted by atomic mass is 9.62. The molecule has 0 radical (unpaired) electrons. The van der Waals surface area contributed by atoms with Crippen LogP contribution in [-0.4, -0.2) is 13.6 Å². The Hall–Kier alpha value is -0.450. The minimum atomic E-state index is -0.235. The van der Waals surface area contributed by atoms with Crippen molar-refractivity contribution in [1.29, 1.82) is 0 Å². The molecule has 2 rings (SSSR count). The number of nitrogens with two attached hydrogens (primary N) is 1. The molecule has 1 saturated carbocycles. The standard InChI is InChI=1S/C13H18BrFN2/c1-17-8-13(5-2-6-13)12(16)10-7-9(14)3-4-11(10)15/h3-4,7,12,17H,2,5-6,8,16H2,1H3. The summed E-state index contributed by atoms with van der Waals surface area (Å²) in [6.45, 7) is 0.847. The molecule has 4 heteroatoms. The van der Waals surface area contributed by atoms with Crippen LogP contribution in [0.15, 0.2) is 22.7 Å². The third kappa shape index (κ3) is 2.39. The molecule has 0 amide bonds. The Kier molecular flexibility index (Phi) is 3.85. The summed E-state index contributed by atoms with van der Waals surface area (Å²) in [7, 11) is 1.92. The van der Waals surface area contributed by atoms with E-state index in [1.165, 1.54) is 12.5 Å². The highest BCUT2D eigenvalue weighted by atomic mass is 79.9. The fourth-order valence-electron chi connectivity index (χ4n) is 2.66. The summed E-state index contributed by atoms with van der Waals surface area (Å²) in [4.78, 5) is 0. The van der Waals surface area contributed by atoms with Crippen LogP contribution in [-0.2, 0) is 0 Å². The van der Waals surface area contributed by atoms with E-state index >= 15 is 0 Å². The van der Waals surface area contributed by atoms with Gasteiger partial charge in [-0.05, 0) is 38.1 Å². The van der Waals surface area contributed by atoms with Crippen LogP contribution in [0.2, 0.25) is 0 Å². The topological polar surface area (TPSA) is 38.0 Å². The predicted molar refractivity (Wildman–Crippen MR) is 71.2 cm³/mol. The first kappa shape index (κ1) is 13.0. The van der Waals surface area contributed by atoms with Crippen LogP contribution in [0.5, 0.6) is 0 Å². The van der Waals surface area contributed by atoms with E-state index in [0.29, 0.717) is 5.56 Å². The lowest BCUT2D eigenvalue weighted by Crippen LogP contribution is -2.47. The third-order valence-electron chi connectivity index (χ3n) is 3.83. The number of hydrogen-bond acceptors (Lipinski definition) is 2. The van der Waals surface area contributed by atoms with Crippen LogP contribution in [0.1, 0.15) is 30.9 Å². The van der Waals surface area contributed by atoms with Crippen LogP contribution in [0.4, 0.5) is 4.39 Å². The molecule has 0 bridgehead atoms. The molecule has 1 aliphatic rings. The summed E-state index contributed by atoms with van der Waals surface area (Å²) in [6, 6.07) is 4.75. The molecule has 1 aliphatic carbocycles. The van der Waals surface area contributed by atoms with Gasteiger partial charge in [-0.2, -0.15) is 0 Å². The van der Waals surface area contributed by atoms with Crippen molar-refractivity contribution >= 4 is 15.9 Å². The van der Waals surface area contributed by atoms with Gasteiger partial charge in [-0.15, -0.1) is 0 Å². The first-order chi connectivity index (χ1) is 8.09. The summed E-state index contributed by atoms with van der Waals surface area (Å²) < 4.78 is 14.7. The second-order valence-corrected chi connectivity index (χ2v) is 5.81. The summed E-state index contributed by atoms with van der Waals surface area (Å²) in [6.07, 6.45) is 3.33. The Morgan fingerprint density at radius 1 is 1.53 bits per heavy atom. The van der Waals surface area contributed by atoms with Gasteiger partial charge in [-0.25, -0.2) is 4.39 Å². The van der Waals surface area contributed by atoms with Gasteiger partial charge in [-0.1, -0.05) is 22.4 Å². The van der Waals surface area contributed by atoms with Crippen LogP contribution in [0.25, 0.3) is 0 Å². The third-order valence-corrected chi connectivity index (χ3v) is 4.32. The molecule has 3 N–H and O–H groups in total. The van der Waals surface area contributed by atoms with E-state index in [1.54, 1.807) is 12.1 Å². The zero-order valence-electron chi connectivity index (χ0n) is 9.97. The first-order valence-electron chi connectivity index (χ1n) is 5.94. The van der Waals surface area contributed by atoms with Gasteiger partial charge in [0.2, 0.25) is 0 Å². The Balaban J connectivity index is 2.29. The molecule has 94 valence electrons. The average molecular weight is 301 g/mol. The second-order valence-electron chi connectivity index (χ2n) is 4.89. The van der Waals surface area contributed by atoms with Crippen LogP contribution in [0, 0.1) is 11.2 Å². The Morgan fingerprint density at radius 3 is 2.76 bits per heavy atom. The number of halogens is 2. The summed E-state index contributed by atoms with van der Waals surface area (Å²) >= 11 is 3.37. The maximum Gasteiger partial charge on any atom is 0.128 e. The van der Waals surface area contributed by atoms with Gasteiger partial charge >= 0.3 is 0 Å². The van der Waals surface area contributed by atoms with E-state index in [9.17, 15) is 4.39 Å². The van der Waals surface area contributed by atoms with Crippen molar-refractivity contribution in [3.63, 3.8) is 0 Å². The van der Waals surface area contributed by atoms with E-state index < -0.39 is 0 Å². The molecule has 2 nitrogen and oxygen atoms in total. The van der Waals surface area contributed by atoms with Gasteiger partial charge in [0, 0.05) is 28.0 Å². The molecule has 0 aromatic heterocycles. The van der Waals surface area contributed by atoms with Crippen molar-refractivity contribution < 1.29 is 4.39 Å². The number of hydrogen-bond donors (Lipinski definition) is 2. The van der Waals surface area contributed by atoms with Gasteiger partial charge in [-0.3, -0.25) is 0 Å². The average Bonchev–Trinajstić information content (AvgIpc) is 2.26. The molecule has 0 aliphatic heterocycles. The summed E-state index contributed by atoms with van der Waals surface area (Å²) in [5, 5.41) is 3.18. The number of benzene rings is 1. The molecular formula is C13H18BrFN2. The van der Waals surface area contributed by atoms with E-state index in [0.717, 1.165) is 23.9 Å². The molecule has 1 fully saturated rings. The maximum atomic E-state index is 13.8. The molecule has 1 atom stereocenters. The van der Waals surface area contributed by atoms with Crippen molar-refractivity contribution in [2.45, 2.75) is 25.3 Å². The maximum absolute atomic E-state index is 13.8. The molecule has 1 aromatic carbocycles. The molecule has 0 saturated heterocycles. The molecule has 17 heavy (non-hydrogen) atoms. The van der Waals surface area contributed by atoms with Crippen LogP contribution < -0.4 is 11.1 Å². The minimum absolute atomic E-state index is 0.0242. The summed E-state index contributed by atoms with van der Waals surface area (Å²) in [5.74, 6) is -0.205. The monoisotopic (exact) mass is 300 g/mol. The Morgan fingerprint density at radius 2 is 2.24 bits per heavy atom. The first-order valence-corrected chi connectivity index (χ1v) is 6.73. The lowest BCUT2D eigenvalue weighted by Gasteiger charge is -2.46. The normalized spacial score (nSPS) is 19.8. The minimum Gasteiger partial charge on any atom is -0.323 e. The number of rotatable bonds is 4. The molecule has 1 unspecified atom stereocenters. The highest BCUT2D eigenvalue weighted by molar-refractivity contribution is 9.10. The predicted octanol–water partition coefficient (Wildman–Crippen LogP) is 2.98. The molecule has 0 spiro atoms. The van der Waals surface area contributed by atoms with E-state index in [4.69, 9.17) is 5.73 Å². The van der Waals surface area contributed by atoms with Gasteiger partial charge in [0.25, 0.3) is 0 Å². The van der Waals surface area contributed by atoms with Crippen molar-refractivity contribution in [2.75, 3.05) is 13.6 Å². The van der Waals surface area contributed by atoms with Crippen molar-refractivity contribution in [1.82, 2.24) is 5.32 Å². The zero-order chi connectivity index (χ0) is 12.5. The fraction of sp³-hybridized carbons (Fsp3) is 0.538. The van der Waals surface area contributed by atoms with Crippen molar-refractivity contribution in [3.8, 4) is 0 Å². The molecule has 1 aromatic rings. The Labute approximate surface area is 110 Å². The SMILES string of the molecule is CNCC1(C(N)c2cc(Br)ccc2F)CCC1. The van der Waals surface area contributed by atoms with Gasteiger partial charge in [0.1, 0.15) is 5.82 Å². The van der Waals surface area contributed by atoms with Gasteiger partial charge in [0.15, 0.2) is 0 Å². The van der Waals surface area contributed by atoms with Gasteiger partial charge in [0.05, 0.1) is 0 Å². The van der Waals surface area contributed by atoms with E-state index in [-0.39, 0.29) is 17.3 Å². The fourth-order valence-corrected chi connectivity index (χ4v) is 3.04. The summed E-state index contributed by atoms with van der Waals surface area (Å²) in [5.41, 5.74) is 6.93. The Bertz CT molecular complexity index is 404. The van der Waals surface area contributed by atoms with Crippen molar-refractivity contribution in [2.24, 2.45) is 11.1 Å². The second kappa shape index (κ2) is 5.04. The molecule has 0 heterocycles. The smallest absolute Gasteiger partial charge is 0.128 e. The van der Waals surface area contributed by atoms with E-state index in [1.807, 2.05) is 7.05 Å². The van der Waals surface area contributed by atoms with E-state index in [2.05, 4.69) is 21.2 Å². The molecular weight excluding hydrogens is 283 g/mol. The lowest BCUT2D eigenvalue weighted by molar-refractivity contribution is 0.0929. The van der Waals surface area contributed by atoms with Crippen LogP contribution >= 0.6 is 15.9 Å². The van der Waals surface area contributed by atoms with Gasteiger partial charge < -0.3 is 11.1 Å². The highest BCUT2D eigenvalue weighted by Gasteiger charge is 2.43. The number of nitrogens with one attached hydrogen (secondary N) is 1. The van der Waals surface area contributed by atoms with Crippen molar-refractivity contribution in [3.05, 3.63) is 34.1 Å². The highest BCUT2D eigenvalue weighted by Crippen LogP contribution is 2.49. The zero-order valence-corrected chi connectivity index (χ0v) is 11.6. The van der Waals surface area contributed by atoms with Crippen LogP contribution in [0.3, 0.4) is 0 Å².